The molecule has 1 aromatic carbocycles. The van der Waals surface area contributed by atoms with Gasteiger partial charge in [-0.3, -0.25) is 4.79 Å². The monoisotopic (exact) mass is 470 g/mol. The summed E-state index contributed by atoms with van der Waals surface area (Å²) >= 11 is 4.96. The third-order valence-electron chi connectivity index (χ3n) is 2.23. The highest BCUT2D eigenvalue weighted by Gasteiger charge is 2.14. The minimum atomic E-state index is -3.86. The highest BCUT2D eigenvalue weighted by atomic mass is 35.7. The standard InChI is InChI=1S/C11H13ClO5S.C2H4Cl2O3S/c1-2-16-10-5-3-9(4-6-10)7-17-11(13)8-18(12,14)15;3-1-7-2-8(4,5)6/h3-6H,2,7-8H2,1H3;1-2H2. The Bertz CT molecular complexity index is 748. The van der Waals surface area contributed by atoms with Crippen LogP contribution in [0.15, 0.2) is 24.3 Å². The third kappa shape index (κ3) is 15.5. The molecule has 0 bridgehead atoms. The Morgan fingerprint density at radius 1 is 1.04 bits per heavy atom. The molecule has 1 aromatic rings. The van der Waals surface area contributed by atoms with Gasteiger partial charge >= 0.3 is 5.97 Å². The number of rotatable bonds is 9. The van der Waals surface area contributed by atoms with E-state index in [-0.39, 0.29) is 12.7 Å². The van der Waals surface area contributed by atoms with Crippen molar-refractivity contribution in [3.63, 3.8) is 0 Å². The molecule has 0 aromatic heterocycles. The van der Waals surface area contributed by atoms with E-state index in [2.05, 4.69) is 4.74 Å². The van der Waals surface area contributed by atoms with Crippen LogP contribution in [0.5, 0.6) is 5.75 Å². The highest BCUT2D eigenvalue weighted by molar-refractivity contribution is 8.14. The number of carbonyl (C=O) groups excluding carboxylic acids is 1. The molecule has 150 valence electrons. The van der Waals surface area contributed by atoms with E-state index in [1.165, 1.54) is 0 Å². The first-order valence-electron chi connectivity index (χ1n) is 6.82. The van der Waals surface area contributed by atoms with Gasteiger partial charge in [-0.2, -0.15) is 0 Å². The predicted molar refractivity (Wildman–Crippen MR) is 98.5 cm³/mol. The summed E-state index contributed by atoms with van der Waals surface area (Å²) < 4.78 is 55.4. The SMILES string of the molecule is CCOc1ccc(COC(=O)CS(=O)(=O)Cl)cc1.O=S(=O)(Cl)COCCl. The average molecular weight is 472 g/mol. The van der Waals surface area contributed by atoms with Crippen molar-refractivity contribution in [2.24, 2.45) is 0 Å². The molecule has 0 saturated heterocycles. The Balaban J connectivity index is 0.000000660. The molecule has 0 radical (unpaired) electrons. The van der Waals surface area contributed by atoms with Crippen LogP contribution < -0.4 is 4.74 Å². The van der Waals surface area contributed by atoms with Crippen molar-refractivity contribution in [1.82, 2.24) is 0 Å². The molecule has 1 rings (SSSR count). The second kappa shape index (κ2) is 12.6. The fraction of sp³-hybridized carbons (Fsp3) is 0.462. The second-order valence-electron chi connectivity index (χ2n) is 4.39. The fourth-order valence-electron chi connectivity index (χ4n) is 1.33. The van der Waals surface area contributed by atoms with Gasteiger partial charge < -0.3 is 14.2 Å². The Morgan fingerprint density at radius 3 is 2.00 bits per heavy atom. The highest BCUT2D eigenvalue weighted by Crippen LogP contribution is 2.13. The minimum Gasteiger partial charge on any atom is -0.494 e. The molecule has 26 heavy (non-hydrogen) atoms. The smallest absolute Gasteiger partial charge is 0.322 e. The zero-order valence-corrected chi connectivity index (χ0v) is 17.5. The lowest BCUT2D eigenvalue weighted by atomic mass is 10.2. The maximum Gasteiger partial charge on any atom is 0.322 e. The Kier molecular flexibility index (Phi) is 12.2. The molecule has 0 amide bonds. The summed E-state index contributed by atoms with van der Waals surface area (Å²) in [5, 5.41) is 0. The second-order valence-corrected chi connectivity index (χ2v) is 10.1. The fourth-order valence-corrected chi connectivity index (χ4v) is 2.60. The molecule has 0 aliphatic rings. The molecule has 8 nitrogen and oxygen atoms in total. The van der Waals surface area contributed by atoms with E-state index in [9.17, 15) is 21.6 Å². The molecule has 0 fully saturated rings. The van der Waals surface area contributed by atoms with Gasteiger partial charge in [-0.25, -0.2) is 16.8 Å². The number of hydrogen-bond acceptors (Lipinski definition) is 8. The van der Waals surface area contributed by atoms with Crippen LogP contribution in [0.3, 0.4) is 0 Å². The van der Waals surface area contributed by atoms with Crippen molar-refractivity contribution in [2.75, 3.05) is 24.4 Å². The Hall–Kier alpha value is -0.780. The molecule has 0 N–H and O–H groups in total. The zero-order valence-electron chi connectivity index (χ0n) is 13.6. The normalized spacial score (nSPS) is 11.2. The van der Waals surface area contributed by atoms with Gasteiger partial charge in [-0.05, 0) is 24.6 Å². The van der Waals surface area contributed by atoms with E-state index in [0.29, 0.717) is 6.61 Å². The average Bonchev–Trinajstić information content (AvgIpc) is 2.51. The molecule has 0 spiro atoms. The van der Waals surface area contributed by atoms with Crippen LogP contribution in [0.25, 0.3) is 0 Å². The van der Waals surface area contributed by atoms with Crippen molar-refractivity contribution in [3.8, 4) is 5.75 Å². The van der Waals surface area contributed by atoms with Crippen molar-refractivity contribution >= 4 is 57.0 Å². The summed E-state index contributed by atoms with van der Waals surface area (Å²) in [6, 6.07) is 6.78. The molecule has 13 heteroatoms. The van der Waals surface area contributed by atoms with Crippen LogP contribution in [-0.2, 0) is 39.0 Å². The Morgan fingerprint density at radius 2 is 1.62 bits per heavy atom. The zero-order chi connectivity index (χ0) is 20.2. The van der Waals surface area contributed by atoms with Crippen LogP contribution in [0.1, 0.15) is 12.5 Å². The molecule has 0 heterocycles. The van der Waals surface area contributed by atoms with E-state index in [4.69, 9.17) is 42.4 Å². The van der Waals surface area contributed by atoms with Crippen molar-refractivity contribution in [3.05, 3.63) is 29.8 Å². The van der Waals surface area contributed by atoms with Crippen molar-refractivity contribution < 1.29 is 35.8 Å². The summed E-state index contributed by atoms with van der Waals surface area (Å²) in [6.45, 7) is 2.45. The largest absolute Gasteiger partial charge is 0.494 e. The Labute approximate surface area is 166 Å². The summed E-state index contributed by atoms with van der Waals surface area (Å²) in [5.74, 6) is -1.52. The van der Waals surface area contributed by atoms with Crippen LogP contribution in [0.4, 0.5) is 0 Å². The lowest BCUT2D eigenvalue weighted by Crippen LogP contribution is -2.14. The predicted octanol–water partition coefficient (Wildman–Crippen LogP) is 2.42. The van der Waals surface area contributed by atoms with Gasteiger partial charge in [-0.1, -0.05) is 23.7 Å². The van der Waals surface area contributed by atoms with Gasteiger partial charge in [0.15, 0.2) is 11.7 Å². The van der Waals surface area contributed by atoms with Gasteiger partial charge in [0.05, 0.1) is 6.61 Å². The lowest BCUT2D eigenvalue weighted by Gasteiger charge is -2.06. The molecule has 0 saturated carbocycles. The minimum absolute atomic E-state index is 0.00233. The molecule has 0 aliphatic carbocycles. The number of carbonyl (C=O) groups is 1. The number of hydrogen-bond donors (Lipinski definition) is 0. The van der Waals surface area contributed by atoms with Crippen LogP contribution >= 0.6 is 33.0 Å². The van der Waals surface area contributed by atoms with Crippen LogP contribution in [-0.4, -0.2) is 47.2 Å². The van der Waals surface area contributed by atoms with Gasteiger partial charge in [0.2, 0.25) is 9.05 Å². The van der Waals surface area contributed by atoms with Crippen LogP contribution in [0, 0.1) is 0 Å². The van der Waals surface area contributed by atoms with Gasteiger partial charge in [0.1, 0.15) is 18.4 Å². The summed E-state index contributed by atoms with van der Waals surface area (Å²) in [4.78, 5) is 11.1. The van der Waals surface area contributed by atoms with Crippen LogP contribution in [0.2, 0.25) is 0 Å². The van der Waals surface area contributed by atoms with Gasteiger partial charge in [0, 0.05) is 21.4 Å². The third-order valence-corrected chi connectivity index (χ3v) is 4.00. The van der Waals surface area contributed by atoms with Gasteiger partial charge in [0.25, 0.3) is 9.05 Å². The number of halogens is 3. The molecule has 0 unspecified atom stereocenters. The van der Waals surface area contributed by atoms with Crippen molar-refractivity contribution in [2.45, 2.75) is 13.5 Å². The summed E-state index contributed by atoms with van der Waals surface area (Å²) in [7, 11) is 2.24. The first-order chi connectivity index (χ1) is 12.0. The maximum absolute atomic E-state index is 11.1. The van der Waals surface area contributed by atoms with E-state index < -0.39 is 35.8 Å². The first kappa shape index (κ1) is 25.2. The van der Waals surface area contributed by atoms with E-state index in [1.807, 2.05) is 6.92 Å². The van der Waals surface area contributed by atoms with E-state index in [0.717, 1.165) is 11.3 Å². The molecule has 0 atom stereocenters. The summed E-state index contributed by atoms with van der Waals surface area (Å²) in [5.41, 5.74) is 0.735. The topological polar surface area (TPSA) is 113 Å². The number of esters is 1. The maximum atomic E-state index is 11.1. The van der Waals surface area contributed by atoms with Crippen molar-refractivity contribution in [1.29, 1.82) is 0 Å². The lowest BCUT2D eigenvalue weighted by molar-refractivity contribution is -0.141. The number of alkyl halides is 1. The summed E-state index contributed by atoms with van der Waals surface area (Å²) in [6.07, 6.45) is 0. The van der Waals surface area contributed by atoms with E-state index >= 15 is 0 Å². The quantitative estimate of drug-likeness (QED) is 0.306. The first-order valence-corrected chi connectivity index (χ1v) is 12.3. The molecule has 0 aliphatic heterocycles. The van der Waals surface area contributed by atoms with Gasteiger partial charge in [-0.15, -0.1) is 0 Å². The number of benzene rings is 1. The number of ether oxygens (including phenoxy) is 3. The molecular weight excluding hydrogens is 455 g/mol. The van der Waals surface area contributed by atoms with E-state index in [1.54, 1.807) is 24.3 Å². The molecular formula is C13H17Cl3O8S2.